The summed E-state index contributed by atoms with van der Waals surface area (Å²) in [4.78, 5) is 28.5. The van der Waals surface area contributed by atoms with Crippen molar-refractivity contribution >= 4 is 23.2 Å². The molecule has 0 unspecified atom stereocenters. The molecule has 4 aromatic rings. The normalized spacial score (nSPS) is 10.2. The Kier molecular flexibility index (Phi) is 6.92. The highest BCUT2D eigenvalue weighted by Crippen LogP contribution is 2.23. The lowest BCUT2D eigenvalue weighted by molar-refractivity contribution is -0.118. The van der Waals surface area contributed by atoms with Crippen molar-refractivity contribution in [2.45, 2.75) is 0 Å². The van der Waals surface area contributed by atoms with Crippen LogP contribution in [0.3, 0.4) is 0 Å². The average Bonchev–Trinajstić information content (AvgIpc) is 2.85. The van der Waals surface area contributed by atoms with E-state index >= 15 is 0 Å². The van der Waals surface area contributed by atoms with Gasteiger partial charge in [0.15, 0.2) is 6.61 Å². The molecule has 0 aliphatic heterocycles. The molecule has 164 valence electrons. The summed E-state index contributed by atoms with van der Waals surface area (Å²) in [5.74, 6) is 1.35. The van der Waals surface area contributed by atoms with Crippen LogP contribution in [0.25, 0.3) is 0 Å². The van der Waals surface area contributed by atoms with Gasteiger partial charge in [0.2, 0.25) is 0 Å². The quantitative estimate of drug-likeness (QED) is 0.397. The minimum atomic E-state index is -0.324. The number of anilines is 2. The lowest BCUT2D eigenvalue weighted by atomic mass is 10.2. The summed E-state index contributed by atoms with van der Waals surface area (Å²) in [5.41, 5.74) is 1.54. The molecule has 0 saturated heterocycles. The van der Waals surface area contributed by atoms with Crippen LogP contribution in [-0.4, -0.2) is 23.4 Å². The number of nitrogens with one attached hydrogen (secondary N) is 2. The number of rotatable bonds is 8. The Hall–Kier alpha value is -4.65. The number of hydrogen-bond donors (Lipinski definition) is 2. The molecule has 7 nitrogen and oxygen atoms in total. The van der Waals surface area contributed by atoms with Crippen LogP contribution < -0.4 is 20.1 Å². The third-order valence-electron chi connectivity index (χ3n) is 4.50. The van der Waals surface area contributed by atoms with Crippen LogP contribution in [0.2, 0.25) is 0 Å². The molecule has 0 saturated carbocycles. The van der Waals surface area contributed by atoms with Crippen LogP contribution in [0.15, 0.2) is 103 Å². The minimum Gasteiger partial charge on any atom is -0.484 e. The van der Waals surface area contributed by atoms with Crippen molar-refractivity contribution in [2.24, 2.45) is 0 Å². The van der Waals surface area contributed by atoms with Crippen molar-refractivity contribution in [3.05, 3.63) is 109 Å². The molecule has 33 heavy (non-hydrogen) atoms. The number of pyridine rings is 1. The van der Waals surface area contributed by atoms with Crippen LogP contribution in [-0.2, 0) is 4.79 Å². The highest BCUT2D eigenvalue weighted by atomic mass is 16.5. The third-order valence-corrected chi connectivity index (χ3v) is 4.50. The predicted molar refractivity (Wildman–Crippen MR) is 126 cm³/mol. The largest absolute Gasteiger partial charge is 0.484 e. The molecule has 1 aromatic heterocycles. The van der Waals surface area contributed by atoms with E-state index in [-0.39, 0.29) is 18.4 Å². The van der Waals surface area contributed by atoms with Gasteiger partial charge in [-0.05, 0) is 66.7 Å². The van der Waals surface area contributed by atoms with Crippen molar-refractivity contribution in [3.63, 3.8) is 0 Å². The molecule has 4 rings (SSSR count). The molecule has 0 aliphatic carbocycles. The van der Waals surface area contributed by atoms with Crippen molar-refractivity contribution in [3.8, 4) is 17.2 Å². The first-order valence-corrected chi connectivity index (χ1v) is 10.2. The van der Waals surface area contributed by atoms with E-state index in [9.17, 15) is 9.59 Å². The number of amides is 2. The fourth-order valence-electron chi connectivity index (χ4n) is 2.95. The standard InChI is InChI=1S/C26H21N3O4/c30-25(18-32-22-11-13-24(14-12-22)33-23-9-2-1-3-10-23)28-20-7-4-8-21(16-20)29-26(31)19-6-5-15-27-17-19/h1-17H,18H2,(H,28,30)(H,29,31). The fourth-order valence-corrected chi connectivity index (χ4v) is 2.95. The molecule has 1 heterocycles. The summed E-state index contributed by atoms with van der Waals surface area (Å²) in [7, 11) is 0. The zero-order valence-corrected chi connectivity index (χ0v) is 17.6. The van der Waals surface area contributed by atoms with Gasteiger partial charge in [0.05, 0.1) is 5.56 Å². The second-order valence-corrected chi connectivity index (χ2v) is 7.00. The first-order valence-electron chi connectivity index (χ1n) is 10.2. The number of carbonyl (C=O) groups is 2. The number of nitrogens with zero attached hydrogens (tertiary/aromatic N) is 1. The van der Waals surface area contributed by atoms with Gasteiger partial charge in [-0.25, -0.2) is 0 Å². The van der Waals surface area contributed by atoms with Crippen LogP contribution in [0, 0.1) is 0 Å². The summed E-state index contributed by atoms with van der Waals surface area (Å²) < 4.78 is 11.3. The van der Waals surface area contributed by atoms with E-state index in [1.54, 1.807) is 66.9 Å². The molecule has 2 N–H and O–H groups in total. The molecule has 3 aromatic carbocycles. The van der Waals surface area contributed by atoms with Crippen LogP contribution >= 0.6 is 0 Å². The molecule has 0 spiro atoms. The lowest BCUT2D eigenvalue weighted by Crippen LogP contribution is -2.20. The predicted octanol–water partition coefficient (Wildman–Crippen LogP) is 5.14. The van der Waals surface area contributed by atoms with Gasteiger partial charge in [0.25, 0.3) is 11.8 Å². The Bertz CT molecular complexity index is 1210. The Morgan fingerprint density at radius 2 is 1.42 bits per heavy atom. The Labute approximate surface area is 191 Å². The van der Waals surface area contributed by atoms with Gasteiger partial charge in [-0.15, -0.1) is 0 Å². The highest BCUT2D eigenvalue weighted by Gasteiger charge is 2.08. The second-order valence-electron chi connectivity index (χ2n) is 7.00. The average molecular weight is 439 g/mol. The zero-order valence-electron chi connectivity index (χ0n) is 17.6. The van der Waals surface area contributed by atoms with Gasteiger partial charge in [-0.2, -0.15) is 0 Å². The lowest BCUT2D eigenvalue weighted by Gasteiger charge is -2.10. The van der Waals surface area contributed by atoms with Crippen molar-refractivity contribution < 1.29 is 19.1 Å². The maximum Gasteiger partial charge on any atom is 0.262 e. The van der Waals surface area contributed by atoms with E-state index in [0.717, 1.165) is 5.75 Å². The molecule has 0 fully saturated rings. The topological polar surface area (TPSA) is 89.5 Å². The van der Waals surface area contributed by atoms with Crippen molar-refractivity contribution in [1.82, 2.24) is 4.98 Å². The highest BCUT2D eigenvalue weighted by molar-refractivity contribution is 6.04. The summed E-state index contributed by atoms with van der Waals surface area (Å²) >= 11 is 0. The second kappa shape index (κ2) is 10.6. The van der Waals surface area contributed by atoms with Gasteiger partial charge in [-0.1, -0.05) is 24.3 Å². The van der Waals surface area contributed by atoms with E-state index in [1.165, 1.54) is 6.20 Å². The summed E-state index contributed by atoms with van der Waals surface area (Å²) in [5, 5.41) is 5.54. The van der Waals surface area contributed by atoms with Gasteiger partial charge >= 0.3 is 0 Å². The molecular weight excluding hydrogens is 418 g/mol. The van der Waals surface area contributed by atoms with Crippen LogP contribution in [0.1, 0.15) is 10.4 Å². The SMILES string of the molecule is O=C(COc1ccc(Oc2ccccc2)cc1)Nc1cccc(NC(=O)c2cccnc2)c1. The minimum absolute atomic E-state index is 0.162. The molecule has 0 atom stereocenters. The zero-order chi connectivity index (χ0) is 22.9. The van der Waals surface area contributed by atoms with Gasteiger partial charge in [-0.3, -0.25) is 14.6 Å². The number of carbonyl (C=O) groups excluding carboxylic acids is 2. The molecule has 0 radical (unpaired) electrons. The molecule has 2 amide bonds. The first kappa shape index (κ1) is 21.6. The number of ether oxygens (including phenoxy) is 2. The van der Waals surface area contributed by atoms with E-state index in [0.29, 0.717) is 28.4 Å². The summed E-state index contributed by atoms with van der Waals surface area (Å²) in [6.45, 7) is -0.162. The van der Waals surface area contributed by atoms with E-state index < -0.39 is 0 Å². The van der Waals surface area contributed by atoms with E-state index in [1.807, 2.05) is 30.3 Å². The molecule has 0 bridgehead atoms. The maximum atomic E-state index is 12.3. The van der Waals surface area contributed by atoms with Gasteiger partial charge in [0.1, 0.15) is 17.2 Å². The fraction of sp³-hybridized carbons (Fsp3) is 0.0385. The number of para-hydroxylation sites is 1. The number of aromatic nitrogens is 1. The summed E-state index contributed by atoms with van der Waals surface area (Å²) in [6, 6.07) is 26.7. The monoisotopic (exact) mass is 439 g/mol. The summed E-state index contributed by atoms with van der Waals surface area (Å²) in [6.07, 6.45) is 3.08. The smallest absolute Gasteiger partial charge is 0.262 e. The number of hydrogen-bond acceptors (Lipinski definition) is 5. The van der Waals surface area contributed by atoms with Crippen molar-refractivity contribution in [2.75, 3.05) is 17.2 Å². The van der Waals surface area contributed by atoms with E-state index in [4.69, 9.17) is 9.47 Å². The molecule has 7 heteroatoms. The molecular formula is C26H21N3O4. The maximum absolute atomic E-state index is 12.3. The van der Waals surface area contributed by atoms with Crippen molar-refractivity contribution in [1.29, 1.82) is 0 Å². The van der Waals surface area contributed by atoms with E-state index in [2.05, 4.69) is 15.6 Å². The van der Waals surface area contributed by atoms with Crippen LogP contribution in [0.5, 0.6) is 17.2 Å². The van der Waals surface area contributed by atoms with Gasteiger partial charge < -0.3 is 20.1 Å². The molecule has 0 aliphatic rings. The van der Waals surface area contributed by atoms with Gasteiger partial charge in [0, 0.05) is 23.8 Å². The number of benzene rings is 3. The Morgan fingerprint density at radius 1 is 0.727 bits per heavy atom. The third kappa shape index (κ3) is 6.41. The first-order chi connectivity index (χ1) is 16.2. The Balaban J connectivity index is 1.27. The van der Waals surface area contributed by atoms with Crippen LogP contribution in [0.4, 0.5) is 11.4 Å². The Morgan fingerprint density at radius 3 is 2.15 bits per heavy atom.